The molecule has 0 saturated heterocycles. The smallest absolute Gasteiger partial charge is 0.317 e. The molecule has 2 rings (SSSR count). The molecule has 2 heterocycles. The number of aromatic nitrogens is 2. The van der Waals surface area contributed by atoms with Gasteiger partial charge in [0, 0.05) is 0 Å². The lowest BCUT2D eigenvalue weighted by Gasteiger charge is -2.03. The van der Waals surface area contributed by atoms with Gasteiger partial charge in [0.2, 0.25) is 0 Å². The van der Waals surface area contributed by atoms with Crippen molar-refractivity contribution in [3.05, 3.63) is 32.1 Å². The summed E-state index contributed by atoms with van der Waals surface area (Å²) in [6.45, 7) is 4.21. The van der Waals surface area contributed by atoms with E-state index in [0.717, 1.165) is 0 Å². The van der Waals surface area contributed by atoms with Gasteiger partial charge in [-0.05, 0) is 9.39 Å². The zero-order valence-electron chi connectivity index (χ0n) is 8.46. The van der Waals surface area contributed by atoms with Gasteiger partial charge in [-0.1, -0.05) is 13.8 Å². The molecule has 0 saturated carbocycles. The van der Waals surface area contributed by atoms with Crippen molar-refractivity contribution >= 4 is 15.3 Å². The maximum absolute atomic E-state index is 11.3. The fourth-order valence-corrected chi connectivity index (χ4v) is 1.54. The zero-order valence-corrected chi connectivity index (χ0v) is 9.61. The lowest BCUT2D eigenvalue weighted by Crippen LogP contribution is -2.26. The predicted octanol–water partition coefficient (Wildman–Crippen LogP) is -0.165. The van der Waals surface area contributed by atoms with Crippen LogP contribution >= 0.6 is 9.39 Å². The van der Waals surface area contributed by atoms with Gasteiger partial charge in [0.25, 0.3) is 11.5 Å². The number of carbonyl (C=O) groups is 1. The van der Waals surface area contributed by atoms with Gasteiger partial charge in [-0.15, -0.1) is 0 Å². The molecule has 82 valence electrons. The van der Waals surface area contributed by atoms with Crippen molar-refractivity contribution in [3.8, 4) is 0 Å². The third-order valence-corrected chi connectivity index (χ3v) is 2.26. The van der Waals surface area contributed by atoms with Crippen molar-refractivity contribution in [2.45, 2.75) is 20.4 Å². The van der Waals surface area contributed by atoms with Crippen LogP contribution in [0.5, 0.6) is 0 Å². The quantitative estimate of drug-likeness (QED) is 0.606. The molecule has 1 aromatic heterocycles. The summed E-state index contributed by atoms with van der Waals surface area (Å²) in [5.74, 6) is -0.358. The summed E-state index contributed by atoms with van der Waals surface area (Å²) in [5, 5.41) is 0. The van der Waals surface area contributed by atoms with Crippen molar-refractivity contribution in [3.63, 3.8) is 0 Å². The maximum atomic E-state index is 11.3. The number of H-pyrrole nitrogens is 2. The fourth-order valence-electron chi connectivity index (χ4n) is 1.23. The highest BCUT2D eigenvalue weighted by Gasteiger charge is 2.28. The molecule has 1 amide bonds. The van der Waals surface area contributed by atoms with E-state index >= 15 is 0 Å². The zero-order chi connectivity index (χ0) is 11.6. The summed E-state index contributed by atoms with van der Waals surface area (Å²) < 4.78 is 1.29. The summed E-state index contributed by atoms with van der Waals surface area (Å²) in [6.07, 6.45) is 0. The molecule has 7 heteroatoms. The summed E-state index contributed by atoms with van der Waals surface area (Å²) in [6, 6.07) is 0. The van der Waals surface area contributed by atoms with Crippen LogP contribution in [0.15, 0.2) is 9.59 Å². The maximum Gasteiger partial charge on any atom is 0.326 e. The SMILES string of the molecule is CC.O=C1c2[nH]c(=O)[nH]c(=O)c2CN1P. The molecule has 0 fully saturated rings. The monoisotopic (exact) mass is 229 g/mol. The van der Waals surface area contributed by atoms with Crippen LogP contribution < -0.4 is 11.2 Å². The van der Waals surface area contributed by atoms with Crippen LogP contribution in [-0.2, 0) is 6.54 Å². The highest BCUT2D eigenvalue weighted by molar-refractivity contribution is 7.14. The number of nitrogens with one attached hydrogen (secondary N) is 2. The first-order valence-electron chi connectivity index (χ1n) is 4.51. The van der Waals surface area contributed by atoms with Crippen molar-refractivity contribution in [1.29, 1.82) is 0 Å². The van der Waals surface area contributed by atoms with Crippen LogP contribution in [0.2, 0.25) is 0 Å². The van der Waals surface area contributed by atoms with Crippen molar-refractivity contribution in [2.75, 3.05) is 0 Å². The largest absolute Gasteiger partial charge is 0.326 e. The van der Waals surface area contributed by atoms with Crippen LogP contribution in [0.3, 0.4) is 0 Å². The third kappa shape index (κ3) is 1.99. The van der Waals surface area contributed by atoms with Gasteiger partial charge >= 0.3 is 5.69 Å². The summed E-state index contributed by atoms with van der Waals surface area (Å²) in [4.78, 5) is 37.6. The summed E-state index contributed by atoms with van der Waals surface area (Å²) in [7, 11) is 2.18. The number of amides is 1. The van der Waals surface area contributed by atoms with Crippen molar-refractivity contribution in [2.24, 2.45) is 0 Å². The van der Waals surface area contributed by atoms with Crippen LogP contribution in [-0.4, -0.2) is 20.5 Å². The summed E-state index contributed by atoms with van der Waals surface area (Å²) >= 11 is 0. The number of rotatable bonds is 0. The molecule has 1 unspecified atom stereocenters. The molecule has 2 N–H and O–H groups in total. The highest BCUT2D eigenvalue weighted by atomic mass is 31.0. The average molecular weight is 229 g/mol. The molecule has 1 aliphatic rings. The number of hydrogen-bond acceptors (Lipinski definition) is 3. The van der Waals surface area contributed by atoms with Crippen molar-refractivity contribution < 1.29 is 4.79 Å². The van der Waals surface area contributed by atoms with Crippen LogP contribution in [0.1, 0.15) is 29.9 Å². The first kappa shape index (κ1) is 11.7. The number of hydrogen-bond donors (Lipinski definition) is 2. The van der Waals surface area contributed by atoms with Gasteiger partial charge in [0.05, 0.1) is 12.1 Å². The van der Waals surface area contributed by atoms with Crippen molar-refractivity contribution in [1.82, 2.24) is 14.6 Å². The van der Waals surface area contributed by atoms with E-state index < -0.39 is 11.2 Å². The molecule has 0 bridgehead atoms. The normalized spacial score (nSPS) is 13.3. The molecule has 6 nitrogen and oxygen atoms in total. The van der Waals surface area contributed by atoms with Crippen LogP contribution in [0.25, 0.3) is 0 Å². The Labute approximate surface area is 88.0 Å². The minimum absolute atomic E-state index is 0.0868. The van der Waals surface area contributed by atoms with E-state index in [2.05, 4.69) is 19.4 Å². The van der Waals surface area contributed by atoms with Gasteiger partial charge in [0.1, 0.15) is 5.69 Å². The molecule has 0 aliphatic carbocycles. The second-order valence-electron chi connectivity index (χ2n) is 2.69. The molecule has 0 spiro atoms. The van der Waals surface area contributed by atoms with E-state index in [9.17, 15) is 14.4 Å². The molecule has 1 aliphatic heterocycles. The Morgan fingerprint density at radius 1 is 1.20 bits per heavy atom. The van der Waals surface area contributed by atoms with Gasteiger partial charge in [0.15, 0.2) is 0 Å². The number of nitrogens with zero attached hydrogens (tertiary/aromatic N) is 1. The van der Waals surface area contributed by atoms with Gasteiger partial charge in [-0.25, -0.2) is 4.79 Å². The molecule has 0 radical (unpaired) electrons. The number of carbonyl (C=O) groups excluding carboxylic acids is 1. The first-order chi connectivity index (χ1) is 7.09. The molecular weight excluding hydrogens is 217 g/mol. The molecular formula is C8H12N3O3P. The highest BCUT2D eigenvalue weighted by Crippen LogP contribution is 2.19. The Bertz CT molecular complexity index is 491. The van der Waals surface area contributed by atoms with Gasteiger partial charge in [-0.2, -0.15) is 0 Å². The van der Waals surface area contributed by atoms with Gasteiger partial charge in [-0.3, -0.25) is 14.6 Å². The van der Waals surface area contributed by atoms with Crippen LogP contribution in [0.4, 0.5) is 0 Å². The molecule has 15 heavy (non-hydrogen) atoms. The standard InChI is InChI=1S/C6H6N3O3P.C2H6/c10-4-2-1-9(13)5(11)3(2)7-6(12)8-4;1-2/h1,13H2,(H2,7,8,10,12);1-2H3. The third-order valence-electron chi connectivity index (χ3n) is 1.84. The fraction of sp³-hybridized carbons (Fsp3) is 0.375. The minimum atomic E-state index is -0.655. The Hall–Kier alpha value is -1.42. The summed E-state index contributed by atoms with van der Waals surface area (Å²) in [5.41, 5.74) is -0.766. The second-order valence-corrected chi connectivity index (χ2v) is 3.32. The second kappa shape index (κ2) is 4.40. The van der Waals surface area contributed by atoms with E-state index in [0.29, 0.717) is 5.56 Å². The Balaban J connectivity index is 0.000000531. The van der Waals surface area contributed by atoms with E-state index in [-0.39, 0.29) is 18.1 Å². The average Bonchev–Trinajstić information content (AvgIpc) is 2.49. The van der Waals surface area contributed by atoms with E-state index in [1.54, 1.807) is 0 Å². The molecule has 1 atom stereocenters. The number of aromatic amines is 2. The lowest BCUT2D eigenvalue weighted by molar-refractivity contribution is 0.0883. The van der Waals surface area contributed by atoms with Gasteiger partial charge < -0.3 is 9.65 Å². The van der Waals surface area contributed by atoms with E-state index in [1.807, 2.05) is 13.8 Å². The Morgan fingerprint density at radius 2 is 1.80 bits per heavy atom. The lowest BCUT2D eigenvalue weighted by atomic mass is 10.3. The topological polar surface area (TPSA) is 86.0 Å². The van der Waals surface area contributed by atoms with E-state index in [4.69, 9.17) is 0 Å². The number of fused-ring (bicyclic) bond motifs is 1. The minimum Gasteiger partial charge on any atom is -0.317 e. The molecule has 1 aromatic rings. The predicted molar refractivity (Wildman–Crippen MR) is 58.6 cm³/mol. The van der Waals surface area contributed by atoms with E-state index in [1.165, 1.54) is 4.67 Å². The van der Waals surface area contributed by atoms with Crippen LogP contribution in [0, 0.1) is 0 Å². The first-order valence-corrected chi connectivity index (χ1v) is 5.03. The Morgan fingerprint density at radius 3 is 2.40 bits per heavy atom. The molecule has 0 aromatic carbocycles. The Kier molecular flexibility index (Phi) is 3.42.